The van der Waals surface area contributed by atoms with Gasteiger partial charge in [-0.15, -0.1) is 22.7 Å². The second-order valence-corrected chi connectivity index (χ2v) is 19.4. The lowest BCUT2D eigenvalue weighted by atomic mass is 9.87. The SMILES string of the molecule is CC1(c2ccccc2)NC(c2cccc(-n3c4ccccc4c4cc(-c5cc6c7ccccc7n(-c7ccccc7)c6c6sc7ccccc7c56)ccc43)c2)=Nc2c1sc1ccccc21. The maximum atomic E-state index is 5.42. The van der Waals surface area contributed by atoms with Crippen molar-refractivity contribution in [3.8, 4) is 22.5 Å². The van der Waals surface area contributed by atoms with E-state index in [1.54, 1.807) is 0 Å². The largest absolute Gasteiger partial charge is 0.355 e. The van der Waals surface area contributed by atoms with E-state index in [9.17, 15) is 0 Å². The van der Waals surface area contributed by atoms with Crippen molar-refractivity contribution in [2.75, 3.05) is 0 Å². The Morgan fingerprint density at radius 3 is 1.86 bits per heavy atom. The predicted molar refractivity (Wildman–Crippen MR) is 277 cm³/mol. The summed E-state index contributed by atoms with van der Waals surface area (Å²) in [6.45, 7) is 2.30. The van der Waals surface area contributed by atoms with Crippen molar-refractivity contribution in [1.82, 2.24) is 14.5 Å². The summed E-state index contributed by atoms with van der Waals surface area (Å²) in [4.78, 5) is 6.66. The van der Waals surface area contributed by atoms with Gasteiger partial charge in [-0.25, -0.2) is 4.99 Å². The molecule has 1 aliphatic heterocycles. The summed E-state index contributed by atoms with van der Waals surface area (Å²) in [5.74, 6) is 0.869. The second-order valence-electron chi connectivity index (χ2n) is 17.3. The summed E-state index contributed by atoms with van der Waals surface area (Å²) in [5, 5.41) is 12.7. The van der Waals surface area contributed by atoms with E-state index in [1.165, 1.54) is 101 Å². The number of benzene rings is 9. The van der Waals surface area contributed by atoms with Gasteiger partial charge in [-0.2, -0.15) is 0 Å². The fourth-order valence-electron chi connectivity index (χ4n) is 10.6. The number of hydrogen-bond acceptors (Lipinski definition) is 4. The Bertz CT molecular complexity index is 4110. The van der Waals surface area contributed by atoms with Crippen molar-refractivity contribution < 1.29 is 0 Å². The lowest BCUT2D eigenvalue weighted by molar-refractivity contribution is 0.535. The summed E-state index contributed by atoms with van der Waals surface area (Å²) in [7, 11) is 0. The standard InChI is InChI=1S/C59H38N4S2/c1-59(38-18-4-2-5-19-38)57-54(44-26-11-15-30-52(44)65-57)60-58(61-59)37-17-16-22-40(33-37)62-48-27-12-8-23-41(48)46-34-36(31-32-50(46)62)45-35-47-42-24-9-13-28-49(42)63(39-20-6-3-7-21-39)55(47)56-53(45)43-25-10-14-29-51(43)64-56/h2-35H,1H3,(H,60,61). The maximum absolute atomic E-state index is 5.42. The molecule has 6 heteroatoms. The van der Waals surface area contributed by atoms with Crippen LogP contribution in [0.25, 0.3) is 96.4 Å². The zero-order valence-corrected chi connectivity index (χ0v) is 36.9. The molecule has 1 N–H and O–H groups in total. The van der Waals surface area contributed by atoms with Crippen molar-refractivity contribution in [1.29, 1.82) is 0 Å². The van der Waals surface area contributed by atoms with Crippen molar-refractivity contribution in [2.45, 2.75) is 12.5 Å². The zero-order chi connectivity index (χ0) is 42.8. The first kappa shape index (κ1) is 36.7. The van der Waals surface area contributed by atoms with Crippen LogP contribution in [-0.4, -0.2) is 15.0 Å². The Morgan fingerprint density at radius 1 is 0.462 bits per heavy atom. The first-order chi connectivity index (χ1) is 32.1. The molecule has 0 saturated heterocycles. The average molecular weight is 867 g/mol. The molecule has 0 aliphatic carbocycles. The van der Waals surface area contributed by atoms with Crippen LogP contribution in [0.1, 0.15) is 22.9 Å². The molecule has 4 aromatic heterocycles. The topological polar surface area (TPSA) is 34.2 Å². The van der Waals surface area contributed by atoms with Gasteiger partial charge in [0.2, 0.25) is 0 Å². The van der Waals surface area contributed by atoms with Crippen LogP contribution in [0, 0.1) is 0 Å². The highest BCUT2D eigenvalue weighted by atomic mass is 32.1. The molecule has 1 unspecified atom stereocenters. The molecule has 65 heavy (non-hydrogen) atoms. The van der Waals surface area contributed by atoms with Crippen LogP contribution in [-0.2, 0) is 5.54 Å². The van der Waals surface area contributed by atoms with Crippen LogP contribution >= 0.6 is 22.7 Å². The first-order valence-corrected chi connectivity index (χ1v) is 23.8. The molecule has 0 radical (unpaired) electrons. The summed E-state index contributed by atoms with van der Waals surface area (Å²) >= 11 is 3.73. The molecule has 1 aliphatic rings. The van der Waals surface area contributed by atoms with Crippen molar-refractivity contribution >= 4 is 108 Å². The molecule has 13 aromatic rings. The van der Waals surface area contributed by atoms with Crippen LogP contribution in [0.2, 0.25) is 0 Å². The van der Waals surface area contributed by atoms with E-state index in [4.69, 9.17) is 4.99 Å². The number of thiophene rings is 2. The Labute approximate surface area is 382 Å². The number of para-hydroxylation sites is 3. The minimum atomic E-state index is -0.463. The van der Waals surface area contributed by atoms with E-state index < -0.39 is 5.54 Å². The van der Waals surface area contributed by atoms with Crippen LogP contribution in [0.3, 0.4) is 0 Å². The first-order valence-electron chi connectivity index (χ1n) is 22.1. The van der Waals surface area contributed by atoms with E-state index in [0.717, 1.165) is 22.8 Å². The van der Waals surface area contributed by atoms with Gasteiger partial charge in [0.15, 0.2) is 0 Å². The number of fused-ring (bicyclic) bond motifs is 13. The lowest BCUT2D eigenvalue weighted by Crippen LogP contribution is -2.46. The molecule has 0 spiro atoms. The number of nitrogens with zero attached hydrogens (tertiary/aromatic N) is 3. The second kappa shape index (κ2) is 13.9. The van der Waals surface area contributed by atoms with Gasteiger partial charge in [0, 0.05) is 64.0 Å². The number of hydrogen-bond donors (Lipinski definition) is 1. The van der Waals surface area contributed by atoms with Gasteiger partial charge in [-0.1, -0.05) is 140 Å². The number of rotatable bonds is 5. The monoisotopic (exact) mass is 866 g/mol. The minimum Gasteiger partial charge on any atom is -0.355 e. The molecule has 9 aromatic carbocycles. The molecule has 0 bridgehead atoms. The number of aliphatic imine (C=N–C) groups is 1. The van der Waals surface area contributed by atoms with Crippen molar-refractivity contribution in [2.24, 2.45) is 4.99 Å². The fraction of sp³-hybridized carbons (Fsp3) is 0.0339. The van der Waals surface area contributed by atoms with Crippen molar-refractivity contribution in [3.63, 3.8) is 0 Å². The summed E-state index contributed by atoms with van der Waals surface area (Å²) < 4.78 is 8.74. The number of amidine groups is 1. The highest BCUT2D eigenvalue weighted by Gasteiger charge is 2.38. The molecule has 1 atom stereocenters. The average Bonchev–Trinajstić information content (AvgIpc) is 4.13. The highest BCUT2D eigenvalue weighted by Crippen LogP contribution is 2.50. The van der Waals surface area contributed by atoms with E-state index in [1.807, 2.05) is 22.7 Å². The lowest BCUT2D eigenvalue weighted by Gasteiger charge is -2.36. The van der Waals surface area contributed by atoms with Gasteiger partial charge in [-0.3, -0.25) is 0 Å². The molecule has 4 nitrogen and oxygen atoms in total. The van der Waals surface area contributed by atoms with Crippen LogP contribution in [0.4, 0.5) is 5.69 Å². The van der Waals surface area contributed by atoms with Crippen LogP contribution < -0.4 is 5.32 Å². The Morgan fingerprint density at radius 2 is 1.08 bits per heavy atom. The fourth-order valence-corrected chi connectivity index (χ4v) is 13.2. The normalized spacial score (nSPS) is 15.1. The van der Waals surface area contributed by atoms with Gasteiger partial charge in [-0.05, 0) is 90.3 Å². The molecule has 0 fully saturated rings. The van der Waals surface area contributed by atoms with Crippen LogP contribution in [0.5, 0.6) is 0 Å². The highest BCUT2D eigenvalue weighted by molar-refractivity contribution is 7.26. The molecular formula is C59H38N4S2. The van der Waals surface area contributed by atoms with Gasteiger partial charge in [0.25, 0.3) is 0 Å². The van der Waals surface area contributed by atoms with E-state index in [-0.39, 0.29) is 0 Å². The van der Waals surface area contributed by atoms with Gasteiger partial charge < -0.3 is 14.5 Å². The van der Waals surface area contributed by atoms with E-state index in [2.05, 4.69) is 228 Å². The third kappa shape index (κ3) is 5.32. The third-order valence-electron chi connectivity index (χ3n) is 13.6. The Kier molecular flexibility index (Phi) is 7.82. The number of aromatic nitrogens is 2. The van der Waals surface area contributed by atoms with E-state index in [0.29, 0.717) is 0 Å². The summed E-state index contributed by atoms with van der Waals surface area (Å²) in [5.41, 5.74) is 12.4. The van der Waals surface area contributed by atoms with Crippen molar-refractivity contribution in [3.05, 3.63) is 222 Å². The quantitative estimate of drug-likeness (QED) is 0.184. The summed E-state index contributed by atoms with van der Waals surface area (Å²) in [6, 6.07) is 75.3. The molecule has 306 valence electrons. The molecular weight excluding hydrogens is 829 g/mol. The maximum Gasteiger partial charge on any atom is 0.135 e. The summed E-state index contributed by atoms with van der Waals surface area (Å²) in [6.07, 6.45) is 0. The Hall–Kier alpha value is -7.77. The zero-order valence-electron chi connectivity index (χ0n) is 35.3. The minimum absolute atomic E-state index is 0.463. The number of nitrogens with one attached hydrogen (secondary N) is 1. The Balaban J connectivity index is 0.969. The van der Waals surface area contributed by atoms with Gasteiger partial charge in [0.1, 0.15) is 5.84 Å². The third-order valence-corrected chi connectivity index (χ3v) is 16.2. The smallest absolute Gasteiger partial charge is 0.135 e. The molecule has 5 heterocycles. The van der Waals surface area contributed by atoms with Gasteiger partial charge >= 0.3 is 0 Å². The van der Waals surface area contributed by atoms with Crippen LogP contribution in [0.15, 0.2) is 211 Å². The molecule has 14 rings (SSSR count). The van der Waals surface area contributed by atoms with E-state index >= 15 is 0 Å². The molecule has 0 saturated carbocycles. The predicted octanol–water partition coefficient (Wildman–Crippen LogP) is 16.1. The van der Waals surface area contributed by atoms with Gasteiger partial charge in [0.05, 0.1) is 42.9 Å². The molecule has 0 amide bonds.